The molecule has 0 fully saturated rings. The summed E-state index contributed by atoms with van der Waals surface area (Å²) in [6, 6.07) is 11.3. The number of rotatable bonds is 4. The van der Waals surface area contributed by atoms with Crippen LogP contribution in [0.3, 0.4) is 0 Å². The number of aliphatic hydroxyl groups is 1. The molecule has 0 atom stereocenters. The van der Waals surface area contributed by atoms with Crippen LogP contribution in [-0.4, -0.2) is 5.11 Å². The van der Waals surface area contributed by atoms with E-state index in [2.05, 4.69) is 0 Å². The van der Waals surface area contributed by atoms with E-state index in [1.54, 1.807) is 30.3 Å². The van der Waals surface area contributed by atoms with Gasteiger partial charge in [0, 0.05) is 5.56 Å². The second-order valence-corrected chi connectivity index (χ2v) is 4.23. The van der Waals surface area contributed by atoms with Crippen molar-refractivity contribution >= 4 is 11.6 Å². The van der Waals surface area contributed by atoms with Crippen molar-refractivity contribution in [3.05, 3.63) is 64.4 Å². The van der Waals surface area contributed by atoms with E-state index < -0.39 is 0 Å². The standard InChI is InChI=1S/C14H12ClFO2/c15-14-7-12(16)4-3-11(14)9-18-13-5-1-10(8-17)2-6-13/h1-7,17H,8-9H2. The van der Waals surface area contributed by atoms with E-state index >= 15 is 0 Å². The van der Waals surface area contributed by atoms with Crippen LogP contribution in [0.2, 0.25) is 5.02 Å². The molecule has 18 heavy (non-hydrogen) atoms. The number of ether oxygens (including phenoxy) is 1. The van der Waals surface area contributed by atoms with Gasteiger partial charge in [-0.05, 0) is 29.8 Å². The normalized spacial score (nSPS) is 10.4. The van der Waals surface area contributed by atoms with E-state index in [0.29, 0.717) is 10.8 Å². The minimum Gasteiger partial charge on any atom is -0.489 e. The number of halogens is 2. The lowest BCUT2D eigenvalue weighted by atomic mass is 10.2. The highest BCUT2D eigenvalue weighted by molar-refractivity contribution is 6.31. The molecule has 0 saturated carbocycles. The summed E-state index contributed by atoms with van der Waals surface area (Å²) in [5, 5.41) is 9.25. The van der Waals surface area contributed by atoms with Crippen molar-refractivity contribution in [1.29, 1.82) is 0 Å². The van der Waals surface area contributed by atoms with Gasteiger partial charge in [0.05, 0.1) is 11.6 Å². The molecule has 0 aromatic heterocycles. The molecule has 0 aliphatic heterocycles. The van der Waals surface area contributed by atoms with E-state index in [0.717, 1.165) is 11.1 Å². The highest BCUT2D eigenvalue weighted by Crippen LogP contribution is 2.20. The van der Waals surface area contributed by atoms with Crippen molar-refractivity contribution in [1.82, 2.24) is 0 Å². The third-order valence-electron chi connectivity index (χ3n) is 2.52. The molecule has 0 aliphatic carbocycles. The van der Waals surface area contributed by atoms with Crippen LogP contribution in [0.5, 0.6) is 5.75 Å². The topological polar surface area (TPSA) is 29.5 Å². The first-order valence-corrected chi connectivity index (χ1v) is 5.83. The van der Waals surface area contributed by atoms with Gasteiger partial charge in [-0.15, -0.1) is 0 Å². The van der Waals surface area contributed by atoms with Crippen LogP contribution in [-0.2, 0) is 13.2 Å². The summed E-state index contributed by atoms with van der Waals surface area (Å²) in [7, 11) is 0. The monoisotopic (exact) mass is 266 g/mol. The largest absolute Gasteiger partial charge is 0.489 e. The molecular formula is C14H12ClFO2. The van der Waals surface area contributed by atoms with Gasteiger partial charge in [0.2, 0.25) is 0 Å². The molecule has 2 aromatic carbocycles. The van der Waals surface area contributed by atoms with Crippen molar-refractivity contribution < 1.29 is 14.2 Å². The van der Waals surface area contributed by atoms with Crippen molar-refractivity contribution in [3.63, 3.8) is 0 Å². The number of aliphatic hydroxyl groups excluding tert-OH is 1. The molecule has 2 rings (SSSR count). The van der Waals surface area contributed by atoms with Crippen LogP contribution in [0.25, 0.3) is 0 Å². The maximum Gasteiger partial charge on any atom is 0.124 e. The average molecular weight is 267 g/mol. The fourth-order valence-electron chi connectivity index (χ4n) is 1.49. The van der Waals surface area contributed by atoms with E-state index in [1.807, 2.05) is 0 Å². The Morgan fingerprint density at radius 3 is 2.44 bits per heavy atom. The van der Waals surface area contributed by atoms with Crippen LogP contribution in [0.1, 0.15) is 11.1 Å². The highest BCUT2D eigenvalue weighted by atomic mass is 35.5. The Hall–Kier alpha value is -1.58. The first-order chi connectivity index (χ1) is 8.69. The number of hydrogen-bond donors (Lipinski definition) is 1. The van der Waals surface area contributed by atoms with Gasteiger partial charge in [-0.1, -0.05) is 29.8 Å². The lowest BCUT2D eigenvalue weighted by Crippen LogP contribution is -1.97. The smallest absolute Gasteiger partial charge is 0.124 e. The van der Waals surface area contributed by atoms with Crippen LogP contribution in [0, 0.1) is 5.82 Å². The van der Waals surface area contributed by atoms with E-state index in [1.165, 1.54) is 12.1 Å². The predicted octanol–water partition coefficient (Wildman–Crippen LogP) is 3.55. The Labute approximate surface area is 110 Å². The molecule has 0 spiro atoms. The molecule has 1 N–H and O–H groups in total. The second-order valence-electron chi connectivity index (χ2n) is 3.83. The molecule has 0 heterocycles. The first kappa shape index (κ1) is 12.9. The van der Waals surface area contributed by atoms with Crippen LogP contribution >= 0.6 is 11.6 Å². The Morgan fingerprint density at radius 2 is 1.83 bits per heavy atom. The molecule has 0 radical (unpaired) electrons. The average Bonchev–Trinajstić information content (AvgIpc) is 2.38. The summed E-state index contributed by atoms with van der Waals surface area (Å²) in [6.45, 7) is 0.279. The fraction of sp³-hybridized carbons (Fsp3) is 0.143. The van der Waals surface area contributed by atoms with Gasteiger partial charge in [0.15, 0.2) is 0 Å². The number of hydrogen-bond acceptors (Lipinski definition) is 2. The lowest BCUT2D eigenvalue weighted by molar-refractivity contribution is 0.280. The predicted molar refractivity (Wildman–Crippen MR) is 68.1 cm³/mol. The molecule has 0 amide bonds. The fourth-order valence-corrected chi connectivity index (χ4v) is 1.71. The van der Waals surface area contributed by atoms with Gasteiger partial charge in [-0.3, -0.25) is 0 Å². The van der Waals surface area contributed by atoms with Crippen LogP contribution in [0.15, 0.2) is 42.5 Å². The summed E-state index contributed by atoms with van der Waals surface area (Å²) in [6.07, 6.45) is 0. The summed E-state index contributed by atoms with van der Waals surface area (Å²) < 4.78 is 18.4. The van der Waals surface area contributed by atoms with Crippen LogP contribution in [0.4, 0.5) is 4.39 Å². The molecule has 0 bridgehead atoms. The van der Waals surface area contributed by atoms with Gasteiger partial charge in [0.25, 0.3) is 0 Å². The van der Waals surface area contributed by atoms with Gasteiger partial charge in [-0.25, -0.2) is 4.39 Å². The Kier molecular flexibility index (Phi) is 4.18. The Balaban J connectivity index is 2.02. The summed E-state index contributed by atoms with van der Waals surface area (Å²) in [5.74, 6) is 0.309. The van der Waals surface area contributed by atoms with E-state index in [9.17, 15) is 4.39 Å². The first-order valence-electron chi connectivity index (χ1n) is 5.45. The van der Waals surface area contributed by atoms with Crippen molar-refractivity contribution in [3.8, 4) is 5.75 Å². The molecule has 2 aromatic rings. The molecule has 4 heteroatoms. The molecule has 0 saturated heterocycles. The van der Waals surface area contributed by atoms with Gasteiger partial charge < -0.3 is 9.84 Å². The molecule has 2 nitrogen and oxygen atoms in total. The lowest BCUT2D eigenvalue weighted by Gasteiger charge is -2.08. The summed E-state index contributed by atoms with van der Waals surface area (Å²) >= 11 is 5.89. The molecule has 94 valence electrons. The third-order valence-corrected chi connectivity index (χ3v) is 2.87. The minimum atomic E-state index is -0.365. The Morgan fingerprint density at radius 1 is 1.11 bits per heavy atom. The quantitative estimate of drug-likeness (QED) is 0.917. The molecular weight excluding hydrogens is 255 g/mol. The maximum atomic E-state index is 12.8. The maximum absolute atomic E-state index is 12.8. The van der Waals surface area contributed by atoms with Gasteiger partial charge in [0.1, 0.15) is 18.2 Å². The zero-order chi connectivity index (χ0) is 13.0. The highest BCUT2D eigenvalue weighted by Gasteiger charge is 2.03. The molecule has 0 aliphatic rings. The van der Waals surface area contributed by atoms with E-state index in [-0.39, 0.29) is 19.0 Å². The SMILES string of the molecule is OCc1ccc(OCc2ccc(F)cc2Cl)cc1. The van der Waals surface area contributed by atoms with Crippen molar-refractivity contribution in [2.45, 2.75) is 13.2 Å². The summed E-state index contributed by atoms with van der Waals surface area (Å²) in [5.41, 5.74) is 1.55. The zero-order valence-corrected chi connectivity index (χ0v) is 10.3. The van der Waals surface area contributed by atoms with Gasteiger partial charge in [-0.2, -0.15) is 0 Å². The Bertz CT molecular complexity index is 526. The zero-order valence-electron chi connectivity index (χ0n) is 9.57. The molecule has 0 unspecified atom stereocenters. The minimum absolute atomic E-state index is 0.00404. The van der Waals surface area contributed by atoms with Gasteiger partial charge >= 0.3 is 0 Å². The second kappa shape index (κ2) is 5.85. The van der Waals surface area contributed by atoms with Crippen molar-refractivity contribution in [2.24, 2.45) is 0 Å². The number of benzene rings is 2. The summed E-state index contributed by atoms with van der Waals surface area (Å²) in [4.78, 5) is 0. The third kappa shape index (κ3) is 3.22. The van der Waals surface area contributed by atoms with Crippen LogP contribution < -0.4 is 4.74 Å². The van der Waals surface area contributed by atoms with Crippen molar-refractivity contribution in [2.75, 3.05) is 0 Å². The van der Waals surface area contributed by atoms with E-state index in [4.69, 9.17) is 21.4 Å².